The van der Waals surface area contributed by atoms with Crippen molar-refractivity contribution in [2.75, 3.05) is 52.2 Å². The highest BCUT2D eigenvalue weighted by molar-refractivity contribution is 5.99. The first-order valence-electron chi connectivity index (χ1n) is 7.57. The summed E-state index contributed by atoms with van der Waals surface area (Å²) in [5, 5.41) is 3.27. The van der Waals surface area contributed by atoms with E-state index in [1.54, 1.807) is 0 Å². The number of nitrogens with zero attached hydrogens (tertiary/aromatic N) is 2. The van der Waals surface area contributed by atoms with Gasteiger partial charge in [0.25, 0.3) is 5.91 Å². The fourth-order valence-corrected chi connectivity index (χ4v) is 2.49. The number of carbonyl (C=O) groups is 1. The SMILES string of the molecule is CCN(CCCN(C)C)C(=O)c1cccc2c1OCCN2. The monoisotopic (exact) mass is 291 g/mol. The topological polar surface area (TPSA) is 44.8 Å². The van der Waals surface area contributed by atoms with E-state index >= 15 is 0 Å². The molecule has 0 unspecified atom stereocenters. The van der Waals surface area contributed by atoms with E-state index in [2.05, 4.69) is 10.2 Å². The normalized spacial score (nSPS) is 13.3. The smallest absolute Gasteiger partial charge is 0.257 e. The van der Waals surface area contributed by atoms with Crippen LogP contribution in [0.3, 0.4) is 0 Å². The average molecular weight is 291 g/mol. The number of nitrogens with one attached hydrogen (secondary N) is 1. The standard InChI is InChI=1S/C16H25N3O2/c1-4-19(11-6-10-18(2)3)16(20)13-7-5-8-14-15(13)21-12-9-17-14/h5,7-8,17H,4,6,9-12H2,1-3H3. The number of benzene rings is 1. The second kappa shape index (κ2) is 7.31. The van der Waals surface area contributed by atoms with E-state index in [0.29, 0.717) is 24.5 Å². The Hall–Kier alpha value is -1.75. The van der Waals surface area contributed by atoms with Crippen LogP contribution in [0.1, 0.15) is 23.7 Å². The number of amides is 1. The minimum Gasteiger partial charge on any atom is -0.489 e. The maximum absolute atomic E-state index is 12.7. The van der Waals surface area contributed by atoms with Gasteiger partial charge < -0.3 is 19.9 Å². The molecule has 1 heterocycles. The summed E-state index contributed by atoms with van der Waals surface area (Å²) in [5.41, 5.74) is 1.57. The second-order valence-electron chi connectivity index (χ2n) is 5.50. The molecule has 0 aromatic heterocycles. The molecule has 21 heavy (non-hydrogen) atoms. The van der Waals surface area contributed by atoms with Gasteiger partial charge in [0.15, 0.2) is 5.75 Å². The molecule has 1 amide bonds. The van der Waals surface area contributed by atoms with Crippen molar-refractivity contribution in [2.24, 2.45) is 0 Å². The van der Waals surface area contributed by atoms with Crippen molar-refractivity contribution >= 4 is 11.6 Å². The van der Waals surface area contributed by atoms with Gasteiger partial charge >= 0.3 is 0 Å². The Morgan fingerprint density at radius 1 is 1.33 bits per heavy atom. The highest BCUT2D eigenvalue weighted by Gasteiger charge is 2.22. The van der Waals surface area contributed by atoms with Gasteiger partial charge in [0.1, 0.15) is 6.61 Å². The third kappa shape index (κ3) is 3.88. The molecule has 0 aliphatic carbocycles. The third-order valence-electron chi connectivity index (χ3n) is 3.61. The summed E-state index contributed by atoms with van der Waals surface area (Å²) in [7, 11) is 4.09. The summed E-state index contributed by atoms with van der Waals surface area (Å²) in [6.07, 6.45) is 0.973. The van der Waals surface area contributed by atoms with Crippen LogP contribution in [0.5, 0.6) is 5.75 Å². The number of hydrogen-bond acceptors (Lipinski definition) is 4. The first-order chi connectivity index (χ1) is 10.1. The summed E-state index contributed by atoms with van der Waals surface area (Å²) in [6, 6.07) is 5.71. The van der Waals surface area contributed by atoms with Crippen LogP contribution in [0.15, 0.2) is 18.2 Å². The molecular formula is C16H25N3O2. The zero-order valence-electron chi connectivity index (χ0n) is 13.2. The molecule has 0 saturated carbocycles. The van der Waals surface area contributed by atoms with Gasteiger partial charge in [0, 0.05) is 19.6 Å². The molecule has 0 radical (unpaired) electrons. The Bertz CT molecular complexity index is 488. The Morgan fingerprint density at radius 2 is 2.14 bits per heavy atom. The lowest BCUT2D eigenvalue weighted by Crippen LogP contribution is -2.34. The van der Waals surface area contributed by atoms with Gasteiger partial charge in [-0.05, 0) is 46.1 Å². The summed E-state index contributed by atoms with van der Waals surface area (Å²) >= 11 is 0. The van der Waals surface area contributed by atoms with Gasteiger partial charge in [-0.3, -0.25) is 4.79 Å². The lowest BCUT2D eigenvalue weighted by Gasteiger charge is -2.26. The predicted molar refractivity (Wildman–Crippen MR) is 85.2 cm³/mol. The number of hydrogen-bond donors (Lipinski definition) is 1. The van der Waals surface area contributed by atoms with E-state index < -0.39 is 0 Å². The van der Waals surface area contributed by atoms with Crippen molar-refractivity contribution in [3.63, 3.8) is 0 Å². The molecule has 0 fully saturated rings. The number of para-hydroxylation sites is 1. The predicted octanol–water partition coefficient (Wildman–Crippen LogP) is 1.90. The summed E-state index contributed by atoms with van der Waals surface area (Å²) in [6.45, 7) is 5.86. The van der Waals surface area contributed by atoms with Crippen LogP contribution >= 0.6 is 0 Å². The molecule has 0 bridgehead atoms. The third-order valence-corrected chi connectivity index (χ3v) is 3.61. The molecule has 5 nitrogen and oxygen atoms in total. The number of anilines is 1. The Balaban J connectivity index is 2.10. The van der Waals surface area contributed by atoms with Gasteiger partial charge in [-0.25, -0.2) is 0 Å². The summed E-state index contributed by atoms with van der Waals surface area (Å²) in [5.74, 6) is 0.747. The molecule has 0 atom stereocenters. The molecule has 116 valence electrons. The molecule has 5 heteroatoms. The van der Waals surface area contributed by atoms with Gasteiger partial charge in [0.05, 0.1) is 11.3 Å². The van der Waals surface area contributed by atoms with Crippen LogP contribution in [-0.4, -0.2) is 62.6 Å². The van der Waals surface area contributed by atoms with Crippen molar-refractivity contribution in [1.29, 1.82) is 0 Å². The Morgan fingerprint density at radius 3 is 2.86 bits per heavy atom. The van der Waals surface area contributed by atoms with Crippen LogP contribution in [0.2, 0.25) is 0 Å². The van der Waals surface area contributed by atoms with Crippen molar-refractivity contribution in [2.45, 2.75) is 13.3 Å². The van der Waals surface area contributed by atoms with E-state index in [1.165, 1.54) is 0 Å². The van der Waals surface area contributed by atoms with Crippen molar-refractivity contribution < 1.29 is 9.53 Å². The van der Waals surface area contributed by atoms with Crippen LogP contribution in [-0.2, 0) is 0 Å². The largest absolute Gasteiger partial charge is 0.489 e. The first kappa shape index (κ1) is 15.6. The average Bonchev–Trinajstić information content (AvgIpc) is 2.50. The van der Waals surface area contributed by atoms with E-state index in [9.17, 15) is 4.79 Å². The van der Waals surface area contributed by atoms with Crippen LogP contribution in [0, 0.1) is 0 Å². The summed E-state index contributed by atoms with van der Waals surface area (Å²) in [4.78, 5) is 16.7. The van der Waals surface area contributed by atoms with Gasteiger partial charge in [-0.2, -0.15) is 0 Å². The van der Waals surface area contributed by atoms with E-state index in [0.717, 1.165) is 31.7 Å². The fourth-order valence-electron chi connectivity index (χ4n) is 2.49. The number of rotatable bonds is 6. The van der Waals surface area contributed by atoms with Gasteiger partial charge in [0.2, 0.25) is 0 Å². The van der Waals surface area contributed by atoms with Gasteiger partial charge in [-0.15, -0.1) is 0 Å². The lowest BCUT2D eigenvalue weighted by molar-refractivity contribution is 0.0755. The van der Waals surface area contributed by atoms with Crippen LogP contribution in [0.4, 0.5) is 5.69 Å². The van der Waals surface area contributed by atoms with E-state index in [-0.39, 0.29) is 5.91 Å². The maximum Gasteiger partial charge on any atom is 0.257 e. The number of fused-ring (bicyclic) bond motifs is 1. The van der Waals surface area contributed by atoms with Crippen molar-refractivity contribution in [1.82, 2.24) is 9.80 Å². The zero-order valence-corrected chi connectivity index (χ0v) is 13.2. The van der Waals surface area contributed by atoms with E-state index in [1.807, 2.05) is 44.1 Å². The highest BCUT2D eigenvalue weighted by atomic mass is 16.5. The molecule has 1 aliphatic heterocycles. The molecular weight excluding hydrogens is 266 g/mol. The second-order valence-corrected chi connectivity index (χ2v) is 5.50. The van der Waals surface area contributed by atoms with Gasteiger partial charge in [-0.1, -0.05) is 6.07 Å². The molecule has 1 aromatic rings. The Labute approximate surface area is 126 Å². The Kier molecular flexibility index (Phi) is 5.44. The molecule has 2 rings (SSSR count). The number of carbonyl (C=O) groups excluding carboxylic acids is 1. The number of ether oxygens (including phenoxy) is 1. The molecule has 1 N–H and O–H groups in total. The highest BCUT2D eigenvalue weighted by Crippen LogP contribution is 2.31. The minimum absolute atomic E-state index is 0.0526. The summed E-state index contributed by atoms with van der Waals surface area (Å²) < 4.78 is 5.69. The maximum atomic E-state index is 12.7. The van der Waals surface area contributed by atoms with Crippen LogP contribution < -0.4 is 10.1 Å². The molecule has 0 saturated heterocycles. The molecule has 1 aliphatic rings. The minimum atomic E-state index is 0.0526. The lowest BCUT2D eigenvalue weighted by atomic mass is 10.1. The zero-order chi connectivity index (χ0) is 15.2. The first-order valence-corrected chi connectivity index (χ1v) is 7.57. The quantitative estimate of drug-likeness (QED) is 0.869. The molecule has 1 aromatic carbocycles. The molecule has 0 spiro atoms. The fraction of sp³-hybridized carbons (Fsp3) is 0.562. The van der Waals surface area contributed by atoms with Crippen molar-refractivity contribution in [3.05, 3.63) is 23.8 Å². The van der Waals surface area contributed by atoms with E-state index in [4.69, 9.17) is 4.74 Å². The van der Waals surface area contributed by atoms with Crippen LogP contribution in [0.25, 0.3) is 0 Å². The van der Waals surface area contributed by atoms with Crippen molar-refractivity contribution in [3.8, 4) is 5.75 Å².